The zero-order valence-electron chi connectivity index (χ0n) is 21.9. The summed E-state index contributed by atoms with van der Waals surface area (Å²) in [6, 6.07) is 18.3. The van der Waals surface area contributed by atoms with Crippen LogP contribution >= 0.6 is 0 Å². The Hall–Kier alpha value is -3.80. The van der Waals surface area contributed by atoms with Crippen molar-refractivity contribution in [3.05, 3.63) is 72.3 Å². The van der Waals surface area contributed by atoms with E-state index in [9.17, 15) is 23.4 Å². The molecule has 1 aliphatic rings. The molecule has 1 fully saturated rings. The van der Waals surface area contributed by atoms with Gasteiger partial charge in [-0.15, -0.1) is 0 Å². The highest BCUT2D eigenvalue weighted by molar-refractivity contribution is 7.92. The molecule has 4 rings (SSSR count). The van der Waals surface area contributed by atoms with E-state index < -0.39 is 16.1 Å². The molecule has 0 spiro atoms. The molecule has 208 valence electrons. The Morgan fingerprint density at radius 1 is 1.03 bits per heavy atom. The van der Waals surface area contributed by atoms with Gasteiger partial charge in [-0.3, -0.25) is 9.52 Å². The van der Waals surface area contributed by atoms with Crippen molar-refractivity contribution in [1.82, 2.24) is 5.32 Å². The number of aromatic hydroxyl groups is 1. The first kappa shape index (κ1) is 28.2. The Morgan fingerprint density at radius 3 is 2.28 bits per heavy atom. The molecule has 10 nitrogen and oxygen atoms in total. The summed E-state index contributed by atoms with van der Waals surface area (Å²) in [5.41, 5.74) is 2.67. The number of amides is 1. The van der Waals surface area contributed by atoms with E-state index in [4.69, 9.17) is 4.74 Å². The predicted molar refractivity (Wildman–Crippen MR) is 151 cm³/mol. The highest BCUT2D eigenvalue weighted by Gasteiger charge is 2.21. The summed E-state index contributed by atoms with van der Waals surface area (Å²) in [4.78, 5) is 13.5. The number of nitrogens with one attached hydrogen (secondary N) is 3. The van der Waals surface area contributed by atoms with Crippen LogP contribution in [0.15, 0.2) is 71.6 Å². The van der Waals surface area contributed by atoms with Crippen molar-refractivity contribution in [2.45, 2.75) is 36.8 Å². The molecule has 1 saturated heterocycles. The van der Waals surface area contributed by atoms with Gasteiger partial charge in [-0.2, -0.15) is 0 Å². The van der Waals surface area contributed by atoms with Crippen LogP contribution < -0.4 is 25.0 Å². The van der Waals surface area contributed by atoms with Crippen LogP contribution in [0, 0.1) is 0 Å². The number of ether oxygens (including phenoxy) is 1. The zero-order valence-corrected chi connectivity index (χ0v) is 22.7. The summed E-state index contributed by atoms with van der Waals surface area (Å²) in [7, 11) is -2.30. The van der Waals surface area contributed by atoms with Gasteiger partial charge in [0.1, 0.15) is 0 Å². The Balaban J connectivity index is 1.26. The van der Waals surface area contributed by atoms with E-state index in [2.05, 4.69) is 20.3 Å². The minimum Gasteiger partial charge on any atom is -0.504 e. The number of benzene rings is 3. The number of carbonyl (C=O) groups excluding carboxylic acids is 1. The lowest BCUT2D eigenvalue weighted by atomic mass is 10.0. The van der Waals surface area contributed by atoms with Crippen LogP contribution in [-0.4, -0.2) is 57.3 Å². The largest absolute Gasteiger partial charge is 0.504 e. The van der Waals surface area contributed by atoms with Gasteiger partial charge in [0.05, 0.1) is 18.1 Å². The van der Waals surface area contributed by atoms with Crippen molar-refractivity contribution < 1.29 is 28.2 Å². The SMILES string of the molecule is COc1cc(C(O)CNC2CCN(c3ccc(NS(=O)(=O)c4ccc(NC(C)=O)cc4)cc3)CC2)ccc1O. The van der Waals surface area contributed by atoms with Crippen LogP contribution in [0.4, 0.5) is 17.1 Å². The van der Waals surface area contributed by atoms with E-state index >= 15 is 0 Å². The summed E-state index contributed by atoms with van der Waals surface area (Å²) < 4.78 is 33.2. The summed E-state index contributed by atoms with van der Waals surface area (Å²) in [5, 5.41) is 26.3. The van der Waals surface area contributed by atoms with Crippen LogP contribution in [-0.2, 0) is 14.8 Å². The molecule has 1 heterocycles. The average Bonchev–Trinajstić information content (AvgIpc) is 2.92. The first-order valence-corrected chi connectivity index (χ1v) is 14.2. The molecule has 3 aromatic rings. The summed E-state index contributed by atoms with van der Waals surface area (Å²) in [6.45, 7) is 3.43. The van der Waals surface area contributed by atoms with E-state index in [0.717, 1.165) is 31.6 Å². The van der Waals surface area contributed by atoms with Gasteiger partial charge < -0.3 is 30.5 Å². The quantitative estimate of drug-likeness (QED) is 0.257. The zero-order chi connectivity index (χ0) is 28.0. The maximum atomic E-state index is 12.8. The number of aliphatic hydroxyl groups excluding tert-OH is 1. The maximum Gasteiger partial charge on any atom is 0.261 e. The van der Waals surface area contributed by atoms with E-state index in [1.165, 1.54) is 32.2 Å². The van der Waals surface area contributed by atoms with Crippen molar-refractivity contribution >= 4 is 33.0 Å². The first-order valence-electron chi connectivity index (χ1n) is 12.7. The van der Waals surface area contributed by atoms with Crippen molar-refractivity contribution in [2.24, 2.45) is 0 Å². The molecular formula is C28H34N4O6S. The Kier molecular flexibility index (Phi) is 8.95. The highest BCUT2D eigenvalue weighted by atomic mass is 32.2. The standard InChI is InChI=1S/C28H34N4O6S/c1-19(33)30-22-6-10-25(11-7-22)39(36,37)31-23-4-8-24(9-5-23)32-15-13-21(14-16-32)29-18-27(35)20-3-12-26(34)28(17-20)38-2/h3-12,17,21,27,29,31,34-35H,13-16,18H2,1-2H3,(H,30,33). The number of phenols is 1. The number of nitrogens with zero attached hydrogens (tertiary/aromatic N) is 1. The third kappa shape index (κ3) is 7.41. The second kappa shape index (κ2) is 12.4. The Labute approximate surface area is 228 Å². The van der Waals surface area contributed by atoms with Crippen LogP contribution in [0.3, 0.4) is 0 Å². The number of methoxy groups -OCH3 is 1. The minimum absolute atomic E-state index is 0.0359. The number of sulfonamides is 1. The molecule has 1 aliphatic heterocycles. The lowest BCUT2D eigenvalue weighted by Gasteiger charge is -2.34. The molecule has 5 N–H and O–H groups in total. The van der Waals surface area contributed by atoms with Gasteiger partial charge in [0.25, 0.3) is 10.0 Å². The van der Waals surface area contributed by atoms with Crippen LogP contribution in [0.25, 0.3) is 0 Å². The number of anilines is 3. The van der Waals surface area contributed by atoms with Gasteiger partial charge in [0.15, 0.2) is 11.5 Å². The molecule has 1 atom stereocenters. The molecule has 3 aromatic carbocycles. The van der Waals surface area contributed by atoms with Gasteiger partial charge >= 0.3 is 0 Å². The molecule has 0 bridgehead atoms. The molecule has 11 heteroatoms. The minimum atomic E-state index is -3.77. The van der Waals surface area contributed by atoms with E-state index in [0.29, 0.717) is 29.2 Å². The van der Waals surface area contributed by atoms with Crippen molar-refractivity contribution in [3.63, 3.8) is 0 Å². The number of aliphatic hydroxyl groups is 1. The third-order valence-electron chi connectivity index (χ3n) is 6.65. The van der Waals surface area contributed by atoms with Gasteiger partial charge in [0, 0.05) is 49.7 Å². The van der Waals surface area contributed by atoms with E-state index in [1.807, 2.05) is 12.1 Å². The third-order valence-corrected chi connectivity index (χ3v) is 8.05. The van der Waals surface area contributed by atoms with Crippen LogP contribution in [0.5, 0.6) is 11.5 Å². The lowest BCUT2D eigenvalue weighted by molar-refractivity contribution is -0.114. The van der Waals surface area contributed by atoms with E-state index in [-0.39, 0.29) is 22.6 Å². The van der Waals surface area contributed by atoms with E-state index in [1.54, 1.807) is 36.4 Å². The fourth-order valence-corrected chi connectivity index (χ4v) is 5.57. The first-order chi connectivity index (χ1) is 18.6. The van der Waals surface area contributed by atoms with Crippen molar-refractivity contribution in [3.8, 4) is 11.5 Å². The molecule has 0 aromatic heterocycles. The van der Waals surface area contributed by atoms with Crippen LogP contribution in [0.2, 0.25) is 0 Å². The topological polar surface area (TPSA) is 140 Å². The fourth-order valence-electron chi connectivity index (χ4n) is 4.51. The second-order valence-corrected chi connectivity index (χ2v) is 11.2. The Bertz CT molecular complexity index is 1370. The summed E-state index contributed by atoms with van der Waals surface area (Å²) >= 11 is 0. The molecule has 1 unspecified atom stereocenters. The van der Waals surface area contributed by atoms with Crippen LogP contribution in [0.1, 0.15) is 31.4 Å². The molecule has 0 radical (unpaired) electrons. The molecule has 39 heavy (non-hydrogen) atoms. The number of rotatable bonds is 10. The number of carbonyl (C=O) groups is 1. The normalized spacial score (nSPS) is 15.0. The number of hydrogen-bond donors (Lipinski definition) is 5. The lowest BCUT2D eigenvalue weighted by Crippen LogP contribution is -2.43. The summed E-state index contributed by atoms with van der Waals surface area (Å²) in [6.07, 6.45) is 1.08. The molecular weight excluding hydrogens is 520 g/mol. The van der Waals surface area contributed by atoms with Crippen molar-refractivity contribution in [2.75, 3.05) is 41.7 Å². The summed E-state index contributed by atoms with van der Waals surface area (Å²) in [5.74, 6) is 0.139. The highest BCUT2D eigenvalue weighted by Crippen LogP contribution is 2.29. The number of piperidine rings is 1. The molecule has 0 saturated carbocycles. The van der Waals surface area contributed by atoms with Gasteiger partial charge in [-0.25, -0.2) is 8.42 Å². The average molecular weight is 555 g/mol. The van der Waals surface area contributed by atoms with Gasteiger partial charge in [0.2, 0.25) is 5.91 Å². The molecule has 1 amide bonds. The smallest absolute Gasteiger partial charge is 0.261 e. The fraction of sp³-hybridized carbons (Fsp3) is 0.321. The second-order valence-electron chi connectivity index (χ2n) is 9.47. The van der Waals surface area contributed by atoms with Crippen molar-refractivity contribution in [1.29, 1.82) is 0 Å². The van der Waals surface area contributed by atoms with Gasteiger partial charge in [-0.1, -0.05) is 6.07 Å². The molecule has 0 aliphatic carbocycles. The number of phenolic OH excluding ortho intramolecular Hbond substituents is 1. The Morgan fingerprint density at radius 2 is 1.67 bits per heavy atom. The maximum absolute atomic E-state index is 12.8. The van der Waals surface area contributed by atoms with Gasteiger partial charge in [-0.05, 0) is 79.1 Å². The number of hydrogen-bond acceptors (Lipinski definition) is 8. The predicted octanol–water partition coefficient (Wildman–Crippen LogP) is 3.45. The monoisotopic (exact) mass is 554 g/mol.